The summed E-state index contributed by atoms with van der Waals surface area (Å²) in [6.07, 6.45) is 0. The largest absolute Gasteiger partial charge is 0.454 e. The van der Waals surface area contributed by atoms with E-state index in [1.54, 1.807) is 27.8 Å². The molecule has 1 N–H and O–H groups in total. The fraction of sp³-hybridized carbons (Fsp3) is 0.286. The molecule has 5 rings (SSSR count). The standard InChI is InChI=1S/C21H21N7O4/c29-19(13-22-20(30)15-6-7-17-18(12-15)32-14-31-17)26-8-10-27(11-9-26)21-23-24-25-28(21)16-4-2-1-3-5-16/h1-7,12H,8-11,13-14H2,(H,22,30). The van der Waals surface area contributed by atoms with Crippen LogP contribution in [0.3, 0.4) is 0 Å². The molecule has 2 aliphatic rings. The highest BCUT2D eigenvalue weighted by atomic mass is 16.7. The van der Waals surface area contributed by atoms with E-state index in [2.05, 4.69) is 20.8 Å². The maximum atomic E-state index is 12.6. The summed E-state index contributed by atoms with van der Waals surface area (Å²) in [6, 6.07) is 14.6. The van der Waals surface area contributed by atoms with Gasteiger partial charge in [-0.25, -0.2) is 0 Å². The predicted octanol–water partition coefficient (Wildman–Crippen LogP) is 0.470. The van der Waals surface area contributed by atoms with E-state index in [0.717, 1.165) is 5.69 Å². The molecule has 2 aromatic carbocycles. The second-order valence-electron chi connectivity index (χ2n) is 7.34. The molecule has 0 unspecified atom stereocenters. The van der Waals surface area contributed by atoms with Crippen molar-refractivity contribution >= 4 is 17.8 Å². The number of para-hydroxylation sites is 1. The zero-order valence-corrected chi connectivity index (χ0v) is 17.2. The molecule has 1 aromatic heterocycles. The lowest BCUT2D eigenvalue weighted by Gasteiger charge is -2.34. The van der Waals surface area contributed by atoms with E-state index in [9.17, 15) is 9.59 Å². The zero-order valence-electron chi connectivity index (χ0n) is 17.2. The van der Waals surface area contributed by atoms with Crippen molar-refractivity contribution < 1.29 is 19.1 Å². The number of hydrogen-bond acceptors (Lipinski definition) is 8. The summed E-state index contributed by atoms with van der Waals surface area (Å²) in [5.74, 6) is 1.30. The Bertz CT molecular complexity index is 1130. The average Bonchev–Trinajstić information content (AvgIpc) is 3.52. The topological polar surface area (TPSA) is 115 Å². The number of nitrogens with one attached hydrogen (secondary N) is 1. The van der Waals surface area contributed by atoms with Gasteiger partial charge in [-0.2, -0.15) is 4.68 Å². The van der Waals surface area contributed by atoms with Crippen LogP contribution in [0.2, 0.25) is 0 Å². The van der Waals surface area contributed by atoms with Crippen molar-refractivity contribution in [2.45, 2.75) is 0 Å². The first-order valence-corrected chi connectivity index (χ1v) is 10.2. The smallest absolute Gasteiger partial charge is 0.251 e. The van der Waals surface area contributed by atoms with Crippen LogP contribution in [-0.4, -0.2) is 76.4 Å². The number of aromatic nitrogens is 4. The summed E-state index contributed by atoms with van der Waals surface area (Å²) in [4.78, 5) is 28.8. The van der Waals surface area contributed by atoms with E-state index >= 15 is 0 Å². The quantitative estimate of drug-likeness (QED) is 0.615. The van der Waals surface area contributed by atoms with Crippen LogP contribution in [-0.2, 0) is 4.79 Å². The summed E-state index contributed by atoms with van der Waals surface area (Å²) in [6.45, 7) is 2.28. The van der Waals surface area contributed by atoms with Crippen LogP contribution < -0.4 is 19.7 Å². The van der Waals surface area contributed by atoms with Gasteiger partial charge in [-0.05, 0) is 40.8 Å². The monoisotopic (exact) mass is 435 g/mol. The summed E-state index contributed by atoms with van der Waals surface area (Å²) >= 11 is 0. The van der Waals surface area contributed by atoms with Crippen molar-refractivity contribution in [3.63, 3.8) is 0 Å². The molecule has 3 heterocycles. The van der Waals surface area contributed by atoms with Crippen molar-refractivity contribution in [3.8, 4) is 17.2 Å². The first-order valence-electron chi connectivity index (χ1n) is 10.2. The Hall–Kier alpha value is -4.15. The van der Waals surface area contributed by atoms with Gasteiger partial charge >= 0.3 is 0 Å². The highest BCUT2D eigenvalue weighted by Crippen LogP contribution is 2.32. The maximum absolute atomic E-state index is 12.6. The highest BCUT2D eigenvalue weighted by molar-refractivity contribution is 5.97. The number of tetrazole rings is 1. The van der Waals surface area contributed by atoms with Crippen molar-refractivity contribution in [1.29, 1.82) is 0 Å². The van der Waals surface area contributed by atoms with Gasteiger partial charge in [0, 0.05) is 31.7 Å². The Morgan fingerprint density at radius 2 is 1.75 bits per heavy atom. The van der Waals surface area contributed by atoms with Crippen LogP contribution in [0.25, 0.3) is 5.69 Å². The number of hydrogen-bond donors (Lipinski definition) is 1. The minimum absolute atomic E-state index is 0.0744. The lowest BCUT2D eigenvalue weighted by molar-refractivity contribution is -0.130. The van der Waals surface area contributed by atoms with Gasteiger partial charge in [0.2, 0.25) is 18.6 Å². The Kier molecular flexibility index (Phi) is 5.28. The molecule has 0 radical (unpaired) electrons. The molecule has 0 bridgehead atoms. The van der Waals surface area contributed by atoms with E-state index in [0.29, 0.717) is 49.2 Å². The molecule has 0 spiro atoms. The van der Waals surface area contributed by atoms with Crippen molar-refractivity contribution in [3.05, 3.63) is 54.1 Å². The van der Waals surface area contributed by atoms with Crippen molar-refractivity contribution in [2.75, 3.05) is 44.4 Å². The van der Waals surface area contributed by atoms with Gasteiger partial charge in [-0.3, -0.25) is 9.59 Å². The van der Waals surface area contributed by atoms with Gasteiger partial charge in [0.1, 0.15) is 0 Å². The molecule has 11 heteroatoms. The number of piperazine rings is 1. The van der Waals surface area contributed by atoms with Gasteiger partial charge < -0.3 is 24.6 Å². The third-order valence-electron chi connectivity index (χ3n) is 5.40. The van der Waals surface area contributed by atoms with Gasteiger partial charge in [-0.1, -0.05) is 23.3 Å². The van der Waals surface area contributed by atoms with Gasteiger partial charge in [0.25, 0.3) is 5.91 Å². The molecular weight excluding hydrogens is 414 g/mol. The molecule has 0 atom stereocenters. The lowest BCUT2D eigenvalue weighted by atomic mass is 10.2. The Morgan fingerprint density at radius 1 is 0.969 bits per heavy atom. The number of fused-ring (bicyclic) bond motifs is 1. The minimum atomic E-state index is -0.336. The SMILES string of the molecule is O=C(NCC(=O)N1CCN(c2nnnn2-c2ccccc2)CC1)c1ccc2c(c1)OCO2. The summed E-state index contributed by atoms with van der Waals surface area (Å²) < 4.78 is 12.2. The number of anilines is 1. The molecule has 0 aliphatic carbocycles. The van der Waals surface area contributed by atoms with Crippen LogP contribution in [0.5, 0.6) is 11.5 Å². The van der Waals surface area contributed by atoms with E-state index in [4.69, 9.17) is 9.47 Å². The molecule has 1 saturated heterocycles. The molecule has 164 valence electrons. The van der Waals surface area contributed by atoms with E-state index in [-0.39, 0.29) is 25.2 Å². The highest BCUT2D eigenvalue weighted by Gasteiger charge is 2.25. The van der Waals surface area contributed by atoms with Gasteiger partial charge in [0.05, 0.1) is 12.2 Å². The predicted molar refractivity (Wildman–Crippen MR) is 113 cm³/mol. The Balaban J connectivity index is 1.15. The van der Waals surface area contributed by atoms with Crippen LogP contribution in [0, 0.1) is 0 Å². The van der Waals surface area contributed by atoms with Gasteiger partial charge in [-0.15, -0.1) is 0 Å². The van der Waals surface area contributed by atoms with Crippen LogP contribution >= 0.6 is 0 Å². The number of benzene rings is 2. The van der Waals surface area contributed by atoms with E-state index < -0.39 is 0 Å². The fourth-order valence-electron chi connectivity index (χ4n) is 3.68. The molecule has 2 amide bonds. The van der Waals surface area contributed by atoms with Crippen molar-refractivity contribution in [2.24, 2.45) is 0 Å². The molecule has 2 aliphatic heterocycles. The van der Waals surface area contributed by atoms with E-state index in [1.807, 2.05) is 35.2 Å². The van der Waals surface area contributed by atoms with E-state index in [1.165, 1.54) is 0 Å². The first kappa shape index (κ1) is 19.8. The molecule has 32 heavy (non-hydrogen) atoms. The summed E-state index contributed by atoms with van der Waals surface area (Å²) in [5.41, 5.74) is 1.29. The summed E-state index contributed by atoms with van der Waals surface area (Å²) in [5, 5.41) is 14.7. The molecular formula is C21H21N7O4. The Labute approximate surface area is 183 Å². The number of ether oxygens (including phenoxy) is 2. The third-order valence-corrected chi connectivity index (χ3v) is 5.40. The fourth-order valence-corrected chi connectivity index (χ4v) is 3.68. The summed E-state index contributed by atoms with van der Waals surface area (Å²) in [7, 11) is 0. The number of rotatable bonds is 5. The van der Waals surface area contributed by atoms with Crippen LogP contribution in [0.4, 0.5) is 5.95 Å². The Morgan fingerprint density at radius 3 is 2.56 bits per heavy atom. The maximum Gasteiger partial charge on any atom is 0.251 e. The third kappa shape index (κ3) is 3.92. The van der Waals surface area contributed by atoms with Crippen LogP contribution in [0.1, 0.15) is 10.4 Å². The first-order chi connectivity index (χ1) is 15.7. The molecule has 1 fully saturated rings. The number of carbonyl (C=O) groups excluding carboxylic acids is 2. The average molecular weight is 435 g/mol. The zero-order chi connectivity index (χ0) is 21.9. The molecule has 3 aromatic rings. The number of carbonyl (C=O) groups is 2. The lowest BCUT2D eigenvalue weighted by Crippen LogP contribution is -2.51. The number of amides is 2. The van der Waals surface area contributed by atoms with Crippen LogP contribution in [0.15, 0.2) is 48.5 Å². The van der Waals surface area contributed by atoms with Crippen molar-refractivity contribution in [1.82, 2.24) is 30.4 Å². The number of nitrogens with zero attached hydrogens (tertiary/aromatic N) is 6. The molecule has 0 saturated carbocycles. The van der Waals surface area contributed by atoms with Gasteiger partial charge in [0.15, 0.2) is 11.5 Å². The minimum Gasteiger partial charge on any atom is -0.454 e. The molecule has 11 nitrogen and oxygen atoms in total. The second-order valence-corrected chi connectivity index (χ2v) is 7.34. The second kappa shape index (κ2) is 8.53. The normalized spacial score (nSPS) is 15.0.